The fourth-order valence-electron chi connectivity index (χ4n) is 2.30. The lowest BCUT2D eigenvalue weighted by atomic mass is 10.00. The summed E-state index contributed by atoms with van der Waals surface area (Å²) in [6, 6.07) is 6.75. The molecule has 0 amide bonds. The van der Waals surface area contributed by atoms with Gasteiger partial charge in [0.05, 0.1) is 0 Å². The molecular weight excluding hydrogens is 196 g/mol. The lowest BCUT2D eigenvalue weighted by Crippen LogP contribution is -2.09. The van der Waals surface area contributed by atoms with E-state index in [4.69, 9.17) is 5.73 Å². The summed E-state index contributed by atoms with van der Waals surface area (Å²) >= 11 is 0. The van der Waals surface area contributed by atoms with Crippen molar-refractivity contribution in [2.24, 2.45) is 5.73 Å². The molecule has 1 aromatic carbocycles. The Balaban J connectivity index is 2.65. The lowest BCUT2D eigenvalue weighted by Gasteiger charge is -2.09. The Bertz CT molecular complexity index is 497. The Morgan fingerprint density at radius 3 is 2.69 bits per heavy atom. The molecule has 0 aliphatic rings. The fraction of sp³-hybridized carbons (Fsp3) is 0.429. The third kappa shape index (κ3) is 1.74. The number of hydrogen-bond acceptors (Lipinski definition) is 1. The molecule has 0 saturated heterocycles. The third-order valence-electron chi connectivity index (χ3n) is 3.32. The van der Waals surface area contributed by atoms with Crippen molar-refractivity contribution in [2.75, 3.05) is 0 Å². The summed E-state index contributed by atoms with van der Waals surface area (Å²) in [7, 11) is 0. The van der Waals surface area contributed by atoms with Crippen LogP contribution in [-0.4, -0.2) is 4.98 Å². The first-order chi connectivity index (χ1) is 7.67. The highest BCUT2D eigenvalue weighted by atomic mass is 14.7. The highest BCUT2D eigenvalue weighted by Gasteiger charge is 2.13. The average molecular weight is 216 g/mol. The van der Waals surface area contributed by atoms with Crippen LogP contribution in [0, 0.1) is 6.92 Å². The number of rotatable bonds is 3. The van der Waals surface area contributed by atoms with Crippen LogP contribution in [0.5, 0.6) is 0 Å². The van der Waals surface area contributed by atoms with Crippen molar-refractivity contribution in [3.05, 3.63) is 35.0 Å². The van der Waals surface area contributed by atoms with Gasteiger partial charge in [-0.05, 0) is 43.0 Å². The molecule has 0 aliphatic carbocycles. The minimum absolute atomic E-state index is 0.140. The van der Waals surface area contributed by atoms with E-state index in [0.717, 1.165) is 12.8 Å². The highest BCUT2D eigenvalue weighted by molar-refractivity contribution is 5.85. The minimum Gasteiger partial charge on any atom is -0.358 e. The van der Waals surface area contributed by atoms with Gasteiger partial charge in [0.2, 0.25) is 0 Å². The molecule has 1 heterocycles. The van der Waals surface area contributed by atoms with Gasteiger partial charge in [-0.1, -0.05) is 19.9 Å². The van der Waals surface area contributed by atoms with Crippen molar-refractivity contribution in [1.82, 2.24) is 4.98 Å². The predicted molar refractivity (Wildman–Crippen MR) is 69.6 cm³/mol. The first-order valence-corrected chi connectivity index (χ1v) is 6.04. The zero-order valence-corrected chi connectivity index (χ0v) is 10.3. The quantitative estimate of drug-likeness (QED) is 0.810. The van der Waals surface area contributed by atoms with Gasteiger partial charge in [-0.25, -0.2) is 0 Å². The Kier molecular flexibility index (Phi) is 3.01. The summed E-state index contributed by atoms with van der Waals surface area (Å²) in [5, 5.41) is 1.30. The number of H-pyrrole nitrogens is 1. The van der Waals surface area contributed by atoms with Crippen LogP contribution in [0.4, 0.5) is 0 Å². The monoisotopic (exact) mass is 216 g/mol. The van der Waals surface area contributed by atoms with Crippen LogP contribution in [0.1, 0.15) is 43.1 Å². The maximum atomic E-state index is 6.18. The first kappa shape index (κ1) is 11.2. The van der Waals surface area contributed by atoms with E-state index in [-0.39, 0.29) is 6.04 Å². The molecule has 0 radical (unpaired) electrons. The second-order valence-corrected chi connectivity index (χ2v) is 4.41. The molecule has 1 unspecified atom stereocenters. The van der Waals surface area contributed by atoms with Crippen LogP contribution in [0.2, 0.25) is 0 Å². The summed E-state index contributed by atoms with van der Waals surface area (Å²) in [5.74, 6) is 0. The molecule has 2 heteroatoms. The number of hydrogen-bond donors (Lipinski definition) is 2. The van der Waals surface area contributed by atoms with Gasteiger partial charge in [0, 0.05) is 22.6 Å². The molecule has 0 saturated carbocycles. The zero-order valence-electron chi connectivity index (χ0n) is 10.3. The molecule has 3 N–H and O–H groups in total. The summed E-state index contributed by atoms with van der Waals surface area (Å²) in [5.41, 5.74) is 11.2. The van der Waals surface area contributed by atoms with Crippen LogP contribution in [0.25, 0.3) is 10.9 Å². The topological polar surface area (TPSA) is 41.8 Å². The van der Waals surface area contributed by atoms with Gasteiger partial charge in [-0.15, -0.1) is 0 Å². The summed E-state index contributed by atoms with van der Waals surface area (Å²) in [4.78, 5) is 3.41. The molecule has 0 bridgehead atoms. The molecule has 2 rings (SSSR count). The molecule has 1 aromatic heterocycles. The second kappa shape index (κ2) is 4.30. The largest absolute Gasteiger partial charge is 0.358 e. The Labute approximate surface area is 96.9 Å². The summed E-state index contributed by atoms with van der Waals surface area (Å²) < 4.78 is 0. The minimum atomic E-state index is 0.140. The van der Waals surface area contributed by atoms with Crippen molar-refractivity contribution >= 4 is 10.9 Å². The van der Waals surface area contributed by atoms with Gasteiger partial charge >= 0.3 is 0 Å². The Hall–Kier alpha value is -1.28. The highest BCUT2D eigenvalue weighted by Crippen LogP contribution is 2.29. The van der Waals surface area contributed by atoms with E-state index in [0.29, 0.717) is 0 Å². The van der Waals surface area contributed by atoms with Gasteiger partial charge in [0.15, 0.2) is 0 Å². The maximum Gasteiger partial charge on any atom is 0.0459 e. The van der Waals surface area contributed by atoms with Crippen LogP contribution in [-0.2, 0) is 6.42 Å². The molecule has 0 spiro atoms. The van der Waals surface area contributed by atoms with E-state index in [9.17, 15) is 0 Å². The Morgan fingerprint density at radius 2 is 2.06 bits per heavy atom. The van der Waals surface area contributed by atoms with E-state index in [2.05, 4.69) is 44.0 Å². The van der Waals surface area contributed by atoms with Gasteiger partial charge in [0.1, 0.15) is 0 Å². The number of nitrogens with one attached hydrogen (secondary N) is 1. The molecule has 0 fully saturated rings. The molecule has 16 heavy (non-hydrogen) atoms. The molecule has 0 aliphatic heterocycles. The summed E-state index contributed by atoms with van der Waals surface area (Å²) in [6.45, 7) is 6.42. The first-order valence-electron chi connectivity index (χ1n) is 6.04. The standard InChI is InChI=1S/C14H20N2/c1-4-10-6-7-13-11(8-10)14(9(3)16-13)12(15)5-2/h6-8,12,16H,4-5,15H2,1-3H3. The number of benzene rings is 1. The molecular formula is C14H20N2. The van der Waals surface area contributed by atoms with Crippen LogP contribution in [0.15, 0.2) is 18.2 Å². The molecule has 1 atom stereocenters. The van der Waals surface area contributed by atoms with E-state index in [1.54, 1.807) is 0 Å². The van der Waals surface area contributed by atoms with Crippen LogP contribution < -0.4 is 5.73 Å². The molecule has 2 nitrogen and oxygen atoms in total. The fourth-order valence-corrected chi connectivity index (χ4v) is 2.30. The van der Waals surface area contributed by atoms with Gasteiger partial charge in [-0.3, -0.25) is 0 Å². The number of nitrogens with two attached hydrogens (primary N) is 1. The van der Waals surface area contributed by atoms with E-state index in [1.165, 1.54) is 27.7 Å². The normalized spacial score (nSPS) is 13.2. The van der Waals surface area contributed by atoms with Crippen molar-refractivity contribution in [2.45, 2.75) is 39.7 Å². The van der Waals surface area contributed by atoms with Crippen molar-refractivity contribution in [3.8, 4) is 0 Å². The molecule has 2 aromatic rings. The van der Waals surface area contributed by atoms with Crippen LogP contribution >= 0.6 is 0 Å². The Morgan fingerprint density at radius 1 is 1.31 bits per heavy atom. The number of fused-ring (bicyclic) bond motifs is 1. The van der Waals surface area contributed by atoms with E-state index < -0.39 is 0 Å². The van der Waals surface area contributed by atoms with Gasteiger partial charge in [0.25, 0.3) is 0 Å². The predicted octanol–water partition coefficient (Wildman–Crippen LogP) is 3.45. The number of aryl methyl sites for hydroxylation is 2. The van der Waals surface area contributed by atoms with Crippen molar-refractivity contribution in [1.29, 1.82) is 0 Å². The second-order valence-electron chi connectivity index (χ2n) is 4.41. The smallest absolute Gasteiger partial charge is 0.0459 e. The third-order valence-corrected chi connectivity index (χ3v) is 3.32. The van der Waals surface area contributed by atoms with Gasteiger partial charge < -0.3 is 10.7 Å². The van der Waals surface area contributed by atoms with Crippen molar-refractivity contribution < 1.29 is 0 Å². The van der Waals surface area contributed by atoms with Crippen molar-refractivity contribution in [3.63, 3.8) is 0 Å². The number of aromatic amines is 1. The van der Waals surface area contributed by atoms with E-state index >= 15 is 0 Å². The zero-order chi connectivity index (χ0) is 11.7. The average Bonchev–Trinajstić information content (AvgIpc) is 2.63. The summed E-state index contributed by atoms with van der Waals surface area (Å²) in [6.07, 6.45) is 2.05. The number of aromatic nitrogens is 1. The maximum absolute atomic E-state index is 6.18. The van der Waals surface area contributed by atoms with Crippen LogP contribution in [0.3, 0.4) is 0 Å². The SMILES string of the molecule is CCc1ccc2[nH]c(C)c(C(N)CC)c2c1. The van der Waals surface area contributed by atoms with Gasteiger partial charge in [-0.2, -0.15) is 0 Å². The lowest BCUT2D eigenvalue weighted by molar-refractivity contribution is 0.699. The van der Waals surface area contributed by atoms with E-state index in [1.807, 2.05) is 0 Å². The molecule has 86 valence electrons.